The Morgan fingerprint density at radius 3 is 2.80 bits per heavy atom. The lowest BCUT2D eigenvalue weighted by Crippen LogP contribution is -2.33. The molecular weight excluding hydrogens is 250 g/mol. The lowest BCUT2D eigenvalue weighted by atomic mass is 9.96. The Balaban J connectivity index is 1.93. The van der Waals surface area contributed by atoms with Crippen LogP contribution in [0.5, 0.6) is 0 Å². The molecule has 1 fully saturated rings. The molecule has 0 saturated carbocycles. The van der Waals surface area contributed by atoms with Crippen LogP contribution in [0.25, 0.3) is 10.9 Å². The summed E-state index contributed by atoms with van der Waals surface area (Å²) in [5.74, 6) is 1.25. The number of rotatable bonds is 2. The van der Waals surface area contributed by atoms with Gasteiger partial charge in [0, 0.05) is 5.92 Å². The average molecular weight is 271 g/mol. The molecular formula is C16H21N3O. The molecule has 0 atom stereocenters. The minimum absolute atomic E-state index is 0.00776. The number of nitrogens with one attached hydrogen (secondary N) is 1. The number of benzene rings is 1. The number of likely N-dealkylation sites (tertiary alicyclic amines) is 1. The summed E-state index contributed by atoms with van der Waals surface area (Å²) in [6.45, 7) is 7.48. The van der Waals surface area contributed by atoms with Crippen molar-refractivity contribution in [3.05, 3.63) is 39.9 Å². The van der Waals surface area contributed by atoms with Crippen molar-refractivity contribution in [3.8, 4) is 0 Å². The van der Waals surface area contributed by atoms with Gasteiger partial charge in [0.25, 0.3) is 5.56 Å². The van der Waals surface area contributed by atoms with Gasteiger partial charge in [0.2, 0.25) is 0 Å². The molecule has 20 heavy (non-hydrogen) atoms. The normalized spacial score (nSPS) is 17.7. The van der Waals surface area contributed by atoms with Gasteiger partial charge >= 0.3 is 0 Å². The molecule has 3 rings (SSSR count). The second-order valence-corrected chi connectivity index (χ2v) is 5.68. The van der Waals surface area contributed by atoms with Gasteiger partial charge in [0.1, 0.15) is 5.82 Å². The highest BCUT2D eigenvalue weighted by Gasteiger charge is 2.21. The molecule has 4 heteroatoms. The number of piperidine rings is 1. The van der Waals surface area contributed by atoms with Crippen molar-refractivity contribution in [1.29, 1.82) is 0 Å². The number of aromatic amines is 1. The molecule has 1 aliphatic heterocycles. The van der Waals surface area contributed by atoms with Gasteiger partial charge in [0.05, 0.1) is 10.9 Å². The predicted molar refractivity (Wildman–Crippen MR) is 81.2 cm³/mol. The van der Waals surface area contributed by atoms with Gasteiger partial charge in [-0.2, -0.15) is 0 Å². The molecule has 1 aliphatic rings. The molecule has 2 heterocycles. The smallest absolute Gasteiger partial charge is 0.258 e. The Morgan fingerprint density at radius 1 is 1.35 bits per heavy atom. The zero-order valence-electron chi connectivity index (χ0n) is 12.1. The van der Waals surface area contributed by atoms with Crippen LogP contribution >= 0.6 is 0 Å². The first-order valence-corrected chi connectivity index (χ1v) is 7.40. The number of aryl methyl sites for hydroxylation is 1. The van der Waals surface area contributed by atoms with E-state index in [1.165, 1.54) is 0 Å². The first kappa shape index (κ1) is 13.3. The maximum atomic E-state index is 12.2. The van der Waals surface area contributed by atoms with Crippen LogP contribution in [0.1, 0.15) is 37.1 Å². The highest BCUT2D eigenvalue weighted by atomic mass is 16.1. The Bertz CT molecular complexity index is 669. The minimum atomic E-state index is -0.00776. The van der Waals surface area contributed by atoms with Crippen molar-refractivity contribution in [2.75, 3.05) is 19.6 Å². The highest BCUT2D eigenvalue weighted by molar-refractivity contribution is 5.78. The number of fused-ring (bicyclic) bond motifs is 1. The van der Waals surface area contributed by atoms with Crippen molar-refractivity contribution < 1.29 is 0 Å². The van der Waals surface area contributed by atoms with Crippen LogP contribution in [0.2, 0.25) is 0 Å². The minimum Gasteiger partial charge on any atom is -0.310 e. The third-order valence-electron chi connectivity index (χ3n) is 4.30. The van der Waals surface area contributed by atoms with E-state index in [1.54, 1.807) is 0 Å². The molecule has 106 valence electrons. The third kappa shape index (κ3) is 2.48. The Hall–Kier alpha value is -1.68. The van der Waals surface area contributed by atoms with Gasteiger partial charge in [-0.3, -0.25) is 4.79 Å². The van der Waals surface area contributed by atoms with Crippen LogP contribution in [-0.4, -0.2) is 34.5 Å². The summed E-state index contributed by atoms with van der Waals surface area (Å²) in [6, 6.07) is 5.87. The molecule has 0 spiro atoms. The first-order chi connectivity index (χ1) is 9.67. The van der Waals surface area contributed by atoms with Crippen molar-refractivity contribution in [1.82, 2.24) is 14.9 Å². The van der Waals surface area contributed by atoms with E-state index < -0.39 is 0 Å². The molecule has 0 aliphatic carbocycles. The quantitative estimate of drug-likeness (QED) is 0.912. The van der Waals surface area contributed by atoms with E-state index in [4.69, 9.17) is 0 Å². The highest BCUT2D eigenvalue weighted by Crippen LogP contribution is 2.25. The van der Waals surface area contributed by atoms with Crippen molar-refractivity contribution >= 4 is 10.9 Å². The first-order valence-electron chi connectivity index (χ1n) is 7.40. The largest absolute Gasteiger partial charge is 0.310 e. The summed E-state index contributed by atoms with van der Waals surface area (Å²) in [5, 5.41) is 0.694. The SMILES string of the molecule is CCN1CCC(c2nc3ccc(C)cc3c(=O)[nH]2)CC1. The van der Waals surface area contributed by atoms with Crippen LogP contribution < -0.4 is 5.56 Å². The zero-order chi connectivity index (χ0) is 14.1. The summed E-state index contributed by atoms with van der Waals surface area (Å²) in [6.07, 6.45) is 2.16. The van der Waals surface area contributed by atoms with E-state index in [2.05, 4.69) is 21.8 Å². The third-order valence-corrected chi connectivity index (χ3v) is 4.30. The molecule has 1 aromatic carbocycles. The van der Waals surface area contributed by atoms with Crippen molar-refractivity contribution in [3.63, 3.8) is 0 Å². The number of aromatic nitrogens is 2. The van der Waals surface area contributed by atoms with Gasteiger partial charge in [-0.1, -0.05) is 18.6 Å². The standard InChI is InChI=1S/C16H21N3O/c1-3-19-8-6-12(7-9-19)15-17-14-5-4-11(2)10-13(14)16(20)18-15/h4-5,10,12H,3,6-9H2,1-2H3,(H,17,18,20). The molecule has 1 N–H and O–H groups in total. The van der Waals surface area contributed by atoms with E-state index in [1.807, 2.05) is 25.1 Å². The van der Waals surface area contributed by atoms with Gasteiger partial charge in [-0.15, -0.1) is 0 Å². The second-order valence-electron chi connectivity index (χ2n) is 5.68. The molecule has 4 nitrogen and oxygen atoms in total. The summed E-state index contributed by atoms with van der Waals surface area (Å²) < 4.78 is 0. The molecule has 2 aromatic rings. The van der Waals surface area contributed by atoms with Gasteiger partial charge in [0.15, 0.2) is 0 Å². The van der Waals surface area contributed by atoms with E-state index in [0.29, 0.717) is 11.3 Å². The fraction of sp³-hybridized carbons (Fsp3) is 0.500. The summed E-state index contributed by atoms with van der Waals surface area (Å²) in [7, 11) is 0. The van der Waals surface area contributed by atoms with Gasteiger partial charge < -0.3 is 9.88 Å². The lowest BCUT2D eigenvalue weighted by molar-refractivity contribution is 0.219. The number of nitrogens with zero attached hydrogens (tertiary/aromatic N) is 2. The predicted octanol–water partition coefficient (Wildman–Crippen LogP) is 2.43. The second kappa shape index (κ2) is 5.37. The van der Waals surface area contributed by atoms with Crippen LogP contribution in [0, 0.1) is 6.92 Å². The maximum Gasteiger partial charge on any atom is 0.258 e. The fourth-order valence-electron chi connectivity index (χ4n) is 2.99. The topological polar surface area (TPSA) is 49.0 Å². The van der Waals surface area contributed by atoms with Crippen LogP contribution in [0.15, 0.2) is 23.0 Å². The number of H-pyrrole nitrogens is 1. The Morgan fingerprint density at radius 2 is 2.10 bits per heavy atom. The lowest BCUT2D eigenvalue weighted by Gasteiger charge is -2.30. The van der Waals surface area contributed by atoms with E-state index in [9.17, 15) is 4.79 Å². The number of hydrogen-bond acceptors (Lipinski definition) is 3. The van der Waals surface area contributed by atoms with Crippen LogP contribution in [0.3, 0.4) is 0 Å². The Labute approximate surface area is 118 Å². The Kier molecular flexibility index (Phi) is 3.57. The van der Waals surface area contributed by atoms with E-state index in [0.717, 1.165) is 49.4 Å². The molecule has 1 aromatic heterocycles. The zero-order valence-corrected chi connectivity index (χ0v) is 12.1. The maximum absolute atomic E-state index is 12.2. The molecule has 0 radical (unpaired) electrons. The van der Waals surface area contributed by atoms with Crippen LogP contribution in [-0.2, 0) is 0 Å². The summed E-state index contributed by atoms with van der Waals surface area (Å²) in [4.78, 5) is 22.3. The monoisotopic (exact) mass is 271 g/mol. The molecule has 0 amide bonds. The molecule has 0 unspecified atom stereocenters. The summed E-state index contributed by atoms with van der Waals surface area (Å²) in [5.41, 5.74) is 1.90. The van der Waals surface area contributed by atoms with Crippen LogP contribution in [0.4, 0.5) is 0 Å². The van der Waals surface area contributed by atoms with Crippen molar-refractivity contribution in [2.45, 2.75) is 32.6 Å². The fourth-order valence-corrected chi connectivity index (χ4v) is 2.99. The van der Waals surface area contributed by atoms with Crippen molar-refractivity contribution in [2.24, 2.45) is 0 Å². The van der Waals surface area contributed by atoms with Gasteiger partial charge in [-0.25, -0.2) is 4.98 Å². The van der Waals surface area contributed by atoms with E-state index in [-0.39, 0.29) is 5.56 Å². The average Bonchev–Trinajstić information content (AvgIpc) is 2.48. The number of hydrogen-bond donors (Lipinski definition) is 1. The van der Waals surface area contributed by atoms with Gasteiger partial charge in [-0.05, 0) is 51.5 Å². The molecule has 1 saturated heterocycles. The summed E-state index contributed by atoms with van der Waals surface area (Å²) >= 11 is 0. The van der Waals surface area contributed by atoms with E-state index >= 15 is 0 Å². The molecule has 0 bridgehead atoms.